The van der Waals surface area contributed by atoms with E-state index in [1.54, 1.807) is 30.2 Å². The van der Waals surface area contributed by atoms with Gasteiger partial charge in [0.15, 0.2) is 0 Å². The maximum Gasteiger partial charge on any atom is 0.421 e. The van der Waals surface area contributed by atoms with Gasteiger partial charge in [-0.25, -0.2) is 19.6 Å². The highest BCUT2D eigenvalue weighted by Crippen LogP contribution is 2.33. The summed E-state index contributed by atoms with van der Waals surface area (Å²) in [6.45, 7) is 1.74. The minimum Gasteiger partial charge on any atom is -0.372 e. The molecule has 0 aliphatic carbocycles. The lowest BCUT2D eigenvalue weighted by molar-refractivity contribution is -0.137. The van der Waals surface area contributed by atoms with Gasteiger partial charge in [-0.2, -0.15) is 23.3 Å². The number of aromatic nitrogens is 6. The van der Waals surface area contributed by atoms with Gasteiger partial charge in [0, 0.05) is 13.2 Å². The molecule has 130 valence electrons. The third kappa shape index (κ3) is 3.49. The lowest BCUT2D eigenvalue weighted by atomic mass is 10.3. The Hall–Kier alpha value is -3.24. The van der Waals surface area contributed by atoms with Crippen LogP contribution in [-0.2, 0) is 6.18 Å². The molecule has 0 aliphatic heterocycles. The average Bonchev–Trinajstić information content (AvgIpc) is 2.95. The molecule has 0 aromatic carbocycles. The first-order valence-electron chi connectivity index (χ1n) is 7.09. The van der Waals surface area contributed by atoms with Crippen LogP contribution in [0.15, 0.2) is 31.1 Å². The van der Waals surface area contributed by atoms with Gasteiger partial charge in [-0.05, 0) is 6.92 Å². The van der Waals surface area contributed by atoms with Crippen LogP contribution >= 0.6 is 0 Å². The maximum atomic E-state index is 12.9. The lowest BCUT2D eigenvalue weighted by Crippen LogP contribution is -2.12. The molecule has 3 rings (SSSR count). The molecule has 3 aromatic heterocycles. The van der Waals surface area contributed by atoms with Gasteiger partial charge in [0.1, 0.15) is 23.4 Å². The van der Waals surface area contributed by atoms with Gasteiger partial charge in [-0.1, -0.05) is 0 Å². The van der Waals surface area contributed by atoms with E-state index in [2.05, 4.69) is 35.7 Å². The zero-order valence-corrected chi connectivity index (χ0v) is 13.2. The summed E-state index contributed by atoms with van der Waals surface area (Å²) in [5, 5.41) is 9.59. The predicted octanol–water partition coefficient (Wildman–Crippen LogP) is 2.56. The summed E-state index contributed by atoms with van der Waals surface area (Å²) in [4.78, 5) is 15.4. The van der Waals surface area contributed by atoms with E-state index >= 15 is 0 Å². The van der Waals surface area contributed by atoms with Crippen LogP contribution in [-0.4, -0.2) is 36.8 Å². The molecule has 25 heavy (non-hydrogen) atoms. The molecule has 3 heterocycles. The zero-order valence-electron chi connectivity index (χ0n) is 13.2. The molecule has 11 heteroatoms. The van der Waals surface area contributed by atoms with Crippen molar-refractivity contribution < 1.29 is 13.2 Å². The molecule has 0 aliphatic rings. The second kappa shape index (κ2) is 6.34. The molecule has 0 saturated carbocycles. The van der Waals surface area contributed by atoms with Crippen molar-refractivity contribution in [2.24, 2.45) is 0 Å². The molecule has 3 aromatic rings. The Labute approximate surface area is 140 Å². The van der Waals surface area contributed by atoms with Crippen molar-refractivity contribution in [2.75, 3.05) is 17.7 Å². The van der Waals surface area contributed by atoms with E-state index in [9.17, 15) is 13.2 Å². The van der Waals surface area contributed by atoms with E-state index < -0.39 is 11.7 Å². The molecule has 0 spiro atoms. The van der Waals surface area contributed by atoms with Crippen LogP contribution < -0.4 is 10.6 Å². The van der Waals surface area contributed by atoms with E-state index in [0.717, 1.165) is 6.20 Å². The summed E-state index contributed by atoms with van der Waals surface area (Å²) < 4.78 is 40.2. The van der Waals surface area contributed by atoms with Crippen LogP contribution in [0.5, 0.6) is 0 Å². The van der Waals surface area contributed by atoms with E-state index in [4.69, 9.17) is 0 Å². The van der Waals surface area contributed by atoms with Crippen molar-refractivity contribution in [1.29, 1.82) is 0 Å². The van der Waals surface area contributed by atoms with Crippen molar-refractivity contribution in [1.82, 2.24) is 29.7 Å². The quantitative estimate of drug-likeness (QED) is 0.747. The molecular weight excluding hydrogens is 337 g/mol. The number of rotatable bonds is 4. The molecule has 0 bridgehead atoms. The second-order valence-electron chi connectivity index (χ2n) is 5.00. The number of alkyl halides is 3. The number of hydrogen-bond acceptors (Lipinski definition) is 7. The second-order valence-corrected chi connectivity index (χ2v) is 5.00. The molecule has 2 N–H and O–H groups in total. The van der Waals surface area contributed by atoms with Crippen molar-refractivity contribution >= 4 is 17.5 Å². The highest BCUT2D eigenvalue weighted by molar-refractivity contribution is 5.58. The van der Waals surface area contributed by atoms with Crippen LogP contribution in [0.4, 0.5) is 30.6 Å². The van der Waals surface area contributed by atoms with E-state index in [0.29, 0.717) is 17.1 Å². The zero-order chi connectivity index (χ0) is 18.0. The highest BCUT2D eigenvalue weighted by atomic mass is 19.4. The minimum atomic E-state index is -4.54. The van der Waals surface area contributed by atoms with Crippen LogP contribution in [0.25, 0.3) is 5.69 Å². The normalized spacial score (nSPS) is 11.4. The first-order valence-corrected chi connectivity index (χ1v) is 7.09. The van der Waals surface area contributed by atoms with Gasteiger partial charge in [0.05, 0.1) is 30.0 Å². The molecule has 0 fully saturated rings. The fraction of sp³-hybridized carbons (Fsp3) is 0.214. The third-order valence-electron chi connectivity index (χ3n) is 3.29. The van der Waals surface area contributed by atoms with Crippen LogP contribution in [0, 0.1) is 6.92 Å². The van der Waals surface area contributed by atoms with Crippen LogP contribution in [0.2, 0.25) is 0 Å². The monoisotopic (exact) mass is 350 g/mol. The lowest BCUT2D eigenvalue weighted by Gasteiger charge is -2.12. The van der Waals surface area contributed by atoms with E-state index in [1.165, 1.54) is 13.4 Å². The SMILES string of the molecule is CNc1nc(Nc2cn(-c3cncnc3)nc2C)ncc1C(F)(F)F. The molecule has 8 nitrogen and oxygen atoms in total. The van der Waals surface area contributed by atoms with Gasteiger partial charge < -0.3 is 10.6 Å². The summed E-state index contributed by atoms with van der Waals surface area (Å²) in [6, 6.07) is 0. The summed E-state index contributed by atoms with van der Waals surface area (Å²) in [7, 11) is 1.36. The average molecular weight is 350 g/mol. The summed E-state index contributed by atoms with van der Waals surface area (Å²) in [5.41, 5.74) is 0.862. The smallest absolute Gasteiger partial charge is 0.372 e. The topological polar surface area (TPSA) is 93.4 Å². The van der Waals surface area contributed by atoms with Gasteiger partial charge in [-0.3, -0.25) is 0 Å². The number of anilines is 3. The maximum absolute atomic E-state index is 12.9. The van der Waals surface area contributed by atoms with E-state index in [-0.39, 0.29) is 11.8 Å². The fourth-order valence-electron chi connectivity index (χ4n) is 2.09. The van der Waals surface area contributed by atoms with Gasteiger partial charge in [0.25, 0.3) is 0 Å². The minimum absolute atomic E-state index is 0.0179. The molecule has 0 amide bonds. The molecule has 0 radical (unpaired) electrons. The molecule has 0 saturated heterocycles. The van der Waals surface area contributed by atoms with Crippen LogP contribution in [0.3, 0.4) is 0 Å². The van der Waals surface area contributed by atoms with E-state index in [1.807, 2.05) is 0 Å². The molecule has 0 atom stereocenters. The summed E-state index contributed by atoms with van der Waals surface area (Å²) >= 11 is 0. The molecule has 0 unspecified atom stereocenters. The van der Waals surface area contributed by atoms with Gasteiger partial charge >= 0.3 is 6.18 Å². The number of aryl methyl sites for hydroxylation is 1. The van der Waals surface area contributed by atoms with Gasteiger partial charge in [-0.15, -0.1) is 0 Å². The number of nitrogens with zero attached hydrogens (tertiary/aromatic N) is 6. The highest BCUT2D eigenvalue weighted by Gasteiger charge is 2.35. The Morgan fingerprint density at radius 1 is 1.12 bits per heavy atom. The Morgan fingerprint density at radius 2 is 1.84 bits per heavy atom. The Balaban J connectivity index is 1.89. The first kappa shape index (κ1) is 16.6. The Kier molecular flexibility index (Phi) is 4.21. The summed E-state index contributed by atoms with van der Waals surface area (Å²) in [6.07, 6.45) is 2.40. The standard InChI is InChI=1S/C14H13F3N8/c1-8-11(6-25(24-8)9-3-19-7-20-4-9)22-13-21-5-10(14(15,16)17)12(18-2)23-13/h3-7H,1-2H3,(H2,18,21,22,23). The van der Waals surface area contributed by atoms with Crippen molar-refractivity contribution in [3.05, 3.63) is 42.4 Å². The Bertz CT molecular complexity index is 876. The van der Waals surface area contributed by atoms with Gasteiger partial charge in [0.2, 0.25) is 5.95 Å². The van der Waals surface area contributed by atoms with Crippen LogP contribution in [0.1, 0.15) is 11.3 Å². The third-order valence-corrected chi connectivity index (χ3v) is 3.29. The summed E-state index contributed by atoms with van der Waals surface area (Å²) in [5.74, 6) is -0.296. The number of nitrogens with one attached hydrogen (secondary N) is 2. The van der Waals surface area contributed by atoms with Crippen molar-refractivity contribution in [2.45, 2.75) is 13.1 Å². The fourth-order valence-corrected chi connectivity index (χ4v) is 2.09. The Morgan fingerprint density at radius 3 is 2.48 bits per heavy atom. The number of hydrogen-bond donors (Lipinski definition) is 2. The van der Waals surface area contributed by atoms with Crippen molar-refractivity contribution in [3.8, 4) is 5.69 Å². The van der Waals surface area contributed by atoms with Crippen molar-refractivity contribution in [3.63, 3.8) is 0 Å². The largest absolute Gasteiger partial charge is 0.421 e. The number of halogens is 3. The first-order chi connectivity index (χ1) is 11.9. The molecular formula is C14H13F3N8. The predicted molar refractivity (Wildman–Crippen MR) is 83.8 cm³/mol.